The third kappa shape index (κ3) is 4.60. The molecule has 0 aliphatic heterocycles. The van der Waals surface area contributed by atoms with E-state index in [2.05, 4.69) is 17.6 Å². The fourth-order valence-electron chi connectivity index (χ4n) is 2.00. The summed E-state index contributed by atoms with van der Waals surface area (Å²) in [6.45, 7) is 3.99. The molecule has 0 saturated heterocycles. The van der Waals surface area contributed by atoms with Crippen molar-refractivity contribution in [2.75, 3.05) is 12.4 Å². The molecular weight excluding hydrogens is 294 g/mol. The number of nitrogens with zero attached hydrogens (tertiary/aromatic N) is 1. The van der Waals surface area contributed by atoms with E-state index >= 15 is 0 Å². The minimum atomic E-state index is -0.561. The monoisotopic (exact) mass is 313 g/mol. The van der Waals surface area contributed by atoms with Gasteiger partial charge in [-0.15, -0.1) is 0 Å². The summed E-state index contributed by atoms with van der Waals surface area (Å²) >= 11 is 6.00. The van der Waals surface area contributed by atoms with Crippen LogP contribution in [-0.4, -0.2) is 23.9 Å². The second-order valence-electron chi connectivity index (χ2n) is 4.88. The van der Waals surface area contributed by atoms with Crippen molar-refractivity contribution >= 4 is 28.9 Å². The normalized spacial score (nSPS) is 11.8. The van der Waals surface area contributed by atoms with Crippen LogP contribution in [0.3, 0.4) is 0 Å². The number of hydrogen-bond donors (Lipinski definition) is 2. The minimum Gasteiger partial charge on any atom is -0.381 e. The van der Waals surface area contributed by atoms with Crippen molar-refractivity contribution in [1.82, 2.24) is 5.32 Å². The Kier molecular flexibility index (Phi) is 6.42. The van der Waals surface area contributed by atoms with Gasteiger partial charge in [0.2, 0.25) is 0 Å². The smallest absolute Gasteiger partial charge is 0.294 e. The van der Waals surface area contributed by atoms with Crippen LogP contribution in [0, 0.1) is 10.1 Å². The van der Waals surface area contributed by atoms with Crippen molar-refractivity contribution in [2.45, 2.75) is 39.2 Å². The molecule has 2 N–H and O–H groups in total. The molecule has 0 saturated carbocycles. The quantitative estimate of drug-likeness (QED) is 0.595. The molecule has 1 amide bonds. The molecule has 1 rings (SSSR count). The summed E-state index contributed by atoms with van der Waals surface area (Å²) in [5.41, 5.74) is 0.183. The summed E-state index contributed by atoms with van der Waals surface area (Å²) in [6.07, 6.45) is 2.93. The average molecular weight is 314 g/mol. The topological polar surface area (TPSA) is 84.3 Å². The Morgan fingerprint density at radius 2 is 2.14 bits per heavy atom. The zero-order valence-corrected chi connectivity index (χ0v) is 13.2. The second-order valence-corrected chi connectivity index (χ2v) is 5.28. The number of carbonyl (C=O) groups excluding carboxylic acids is 1. The van der Waals surface area contributed by atoms with E-state index in [-0.39, 0.29) is 33.9 Å². The van der Waals surface area contributed by atoms with Crippen LogP contribution in [0.5, 0.6) is 0 Å². The summed E-state index contributed by atoms with van der Waals surface area (Å²) in [7, 11) is 1.54. The first kappa shape index (κ1) is 17.2. The molecule has 0 spiro atoms. The second kappa shape index (κ2) is 7.83. The third-order valence-electron chi connectivity index (χ3n) is 3.15. The largest absolute Gasteiger partial charge is 0.381 e. The van der Waals surface area contributed by atoms with E-state index < -0.39 is 4.92 Å². The molecule has 116 valence electrons. The summed E-state index contributed by atoms with van der Waals surface area (Å²) in [6, 6.07) is 2.68. The molecule has 0 aliphatic carbocycles. The molecule has 0 aliphatic rings. The molecule has 0 heterocycles. The number of nitro groups is 1. The maximum absolute atomic E-state index is 12.1. The van der Waals surface area contributed by atoms with Gasteiger partial charge in [-0.05, 0) is 19.4 Å². The summed E-state index contributed by atoms with van der Waals surface area (Å²) < 4.78 is 0. The highest BCUT2D eigenvalue weighted by Crippen LogP contribution is 2.33. The number of anilines is 1. The van der Waals surface area contributed by atoms with E-state index in [1.807, 2.05) is 6.92 Å². The highest BCUT2D eigenvalue weighted by Gasteiger charge is 2.21. The highest BCUT2D eigenvalue weighted by molar-refractivity contribution is 6.34. The fourth-order valence-corrected chi connectivity index (χ4v) is 2.31. The number of hydrogen-bond acceptors (Lipinski definition) is 4. The Balaban J connectivity index is 2.98. The molecular formula is C14H20ClN3O3. The zero-order chi connectivity index (χ0) is 16.0. The van der Waals surface area contributed by atoms with E-state index in [4.69, 9.17) is 11.6 Å². The predicted molar refractivity (Wildman–Crippen MR) is 84.1 cm³/mol. The predicted octanol–water partition coefficient (Wildman–Crippen LogP) is 3.60. The van der Waals surface area contributed by atoms with E-state index in [0.29, 0.717) is 0 Å². The standard InChI is InChI=1S/C14H20ClN3O3/c1-4-5-6-9(2)17-14(19)10-7-11(15)13(16-3)12(8-10)18(20)21/h7-9,16H,4-6H2,1-3H3,(H,17,19). The Morgan fingerprint density at radius 1 is 1.48 bits per heavy atom. The van der Waals surface area contributed by atoms with Gasteiger partial charge in [-0.3, -0.25) is 14.9 Å². The van der Waals surface area contributed by atoms with Gasteiger partial charge in [0.1, 0.15) is 5.69 Å². The lowest BCUT2D eigenvalue weighted by molar-refractivity contribution is -0.383. The van der Waals surface area contributed by atoms with Gasteiger partial charge in [-0.1, -0.05) is 31.4 Å². The van der Waals surface area contributed by atoms with Crippen molar-refractivity contribution in [3.63, 3.8) is 0 Å². The van der Waals surface area contributed by atoms with Crippen molar-refractivity contribution in [3.05, 3.63) is 32.8 Å². The number of unbranched alkanes of at least 4 members (excludes halogenated alkanes) is 1. The Bertz CT molecular complexity index is 534. The van der Waals surface area contributed by atoms with Crippen LogP contribution >= 0.6 is 11.6 Å². The molecule has 0 fully saturated rings. The van der Waals surface area contributed by atoms with E-state index in [0.717, 1.165) is 19.3 Å². The molecule has 0 bridgehead atoms. The maximum Gasteiger partial charge on any atom is 0.294 e. The Hall–Kier alpha value is -1.82. The molecule has 1 aromatic carbocycles. The van der Waals surface area contributed by atoms with Gasteiger partial charge < -0.3 is 10.6 Å². The van der Waals surface area contributed by atoms with Crippen LogP contribution in [0.15, 0.2) is 12.1 Å². The fraction of sp³-hybridized carbons (Fsp3) is 0.500. The van der Waals surface area contributed by atoms with Crippen LogP contribution in [0.25, 0.3) is 0 Å². The van der Waals surface area contributed by atoms with Gasteiger partial charge in [-0.25, -0.2) is 0 Å². The van der Waals surface area contributed by atoms with Crippen molar-refractivity contribution in [3.8, 4) is 0 Å². The average Bonchev–Trinajstić information content (AvgIpc) is 2.43. The Labute approximate surface area is 129 Å². The van der Waals surface area contributed by atoms with Crippen molar-refractivity contribution in [1.29, 1.82) is 0 Å². The molecule has 1 unspecified atom stereocenters. The van der Waals surface area contributed by atoms with Gasteiger partial charge in [0.15, 0.2) is 0 Å². The van der Waals surface area contributed by atoms with Crippen LogP contribution in [0.1, 0.15) is 43.5 Å². The third-order valence-corrected chi connectivity index (χ3v) is 3.44. The lowest BCUT2D eigenvalue weighted by Gasteiger charge is -2.14. The van der Waals surface area contributed by atoms with Crippen LogP contribution < -0.4 is 10.6 Å². The number of nitro benzene ring substituents is 1. The molecule has 1 atom stereocenters. The van der Waals surface area contributed by atoms with E-state index in [1.165, 1.54) is 12.1 Å². The SMILES string of the molecule is CCCCC(C)NC(=O)c1cc(Cl)c(NC)c([N+](=O)[O-])c1. The van der Waals surface area contributed by atoms with Gasteiger partial charge in [-0.2, -0.15) is 0 Å². The number of amides is 1. The lowest BCUT2D eigenvalue weighted by atomic mass is 10.1. The molecule has 7 heteroatoms. The number of rotatable bonds is 7. The number of nitrogens with one attached hydrogen (secondary N) is 2. The van der Waals surface area contributed by atoms with Crippen LogP contribution in [-0.2, 0) is 0 Å². The number of benzene rings is 1. The summed E-state index contributed by atoms with van der Waals surface area (Å²) in [5, 5.41) is 16.7. The van der Waals surface area contributed by atoms with E-state index in [1.54, 1.807) is 7.05 Å². The van der Waals surface area contributed by atoms with Gasteiger partial charge in [0.25, 0.3) is 11.6 Å². The van der Waals surface area contributed by atoms with Gasteiger partial charge in [0, 0.05) is 24.7 Å². The van der Waals surface area contributed by atoms with Crippen molar-refractivity contribution < 1.29 is 9.72 Å². The first-order chi connectivity index (χ1) is 9.90. The number of halogens is 1. The van der Waals surface area contributed by atoms with E-state index in [9.17, 15) is 14.9 Å². The maximum atomic E-state index is 12.1. The minimum absolute atomic E-state index is 0.0132. The number of carbonyl (C=O) groups is 1. The zero-order valence-electron chi connectivity index (χ0n) is 12.4. The Morgan fingerprint density at radius 3 is 2.67 bits per heavy atom. The highest BCUT2D eigenvalue weighted by atomic mass is 35.5. The summed E-state index contributed by atoms with van der Waals surface area (Å²) in [4.78, 5) is 22.6. The van der Waals surface area contributed by atoms with Crippen LogP contribution in [0.2, 0.25) is 5.02 Å². The molecule has 21 heavy (non-hydrogen) atoms. The molecule has 0 aromatic heterocycles. The molecule has 1 aromatic rings. The van der Waals surface area contributed by atoms with Gasteiger partial charge >= 0.3 is 0 Å². The van der Waals surface area contributed by atoms with Crippen LogP contribution in [0.4, 0.5) is 11.4 Å². The van der Waals surface area contributed by atoms with Gasteiger partial charge in [0.05, 0.1) is 9.95 Å². The first-order valence-corrected chi connectivity index (χ1v) is 7.25. The molecule has 6 nitrogen and oxygen atoms in total. The molecule has 0 radical (unpaired) electrons. The van der Waals surface area contributed by atoms with Crippen molar-refractivity contribution in [2.24, 2.45) is 0 Å². The summed E-state index contributed by atoms with van der Waals surface area (Å²) in [5.74, 6) is -0.355. The lowest BCUT2D eigenvalue weighted by Crippen LogP contribution is -2.32. The first-order valence-electron chi connectivity index (χ1n) is 6.87.